The lowest BCUT2D eigenvalue weighted by molar-refractivity contribution is 0.0210. The van der Waals surface area contributed by atoms with Gasteiger partial charge in [-0.1, -0.05) is 23.7 Å². The summed E-state index contributed by atoms with van der Waals surface area (Å²) in [4.78, 5) is 27.2. The van der Waals surface area contributed by atoms with E-state index < -0.39 is 27.5 Å². The number of carbonyl (C=O) groups is 2. The predicted octanol–water partition coefficient (Wildman–Crippen LogP) is 5.43. The molecule has 1 aromatic carbocycles. The largest absolute Gasteiger partial charge is 0.444 e. The Balaban J connectivity index is 2.13. The van der Waals surface area contributed by atoms with Gasteiger partial charge in [0.05, 0.1) is 0 Å². The highest BCUT2D eigenvalue weighted by Gasteiger charge is 2.36. The molecule has 36 heavy (non-hydrogen) atoms. The molecule has 1 atom stereocenters. The van der Waals surface area contributed by atoms with Crippen molar-refractivity contribution < 1.29 is 27.5 Å². The first kappa shape index (κ1) is 30.2. The lowest BCUT2D eigenvalue weighted by atomic mass is 10.1. The van der Waals surface area contributed by atoms with Gasteiger partial charge in [-0.3, -0.25) is 0 Å². The number of hydrogen-bond donors (Lipinski definition) is 0. The second-order valence-electron chi connectivity index (χ2n) is 11.1. The van der Waals surface area contributed by atoms with Crippen LogP contribution in [-0.2, 0) is 26.2 Å². The number of amides is 2. The molecule has 1 fully saturated rings. The maximum atomic E-state index is 13.4. The lowest BCUT2D eigenvalue weighted by Crippen LogP contribution is -2.47. The average Bonchev–Trinajstić information content (AvgIpc) is 3.18. The zero-order valence-electron chi connectivity index (χ0n) is 22.4. The number of halogens is 1. The van der Waals surface area contributed by atoms with E-state index in [1.165, 1.54) is 7.05 Å². The van der Waals surface area contributed by atoms with Crippen LogP contribution in [0.1, 0.15) is 72.8 Å². The van der Waals surface area contributed by atoms with Crippen LogP contribution in [-0.4, -0.2) is 71.5 Å². The zero-order valence-corrected chi connectivity index (χ0v) is 24.0. The molecule has 1 aliphatic heterocycles. The molecule has 0 radical (unpaired) electrons. The topological polar surface area (TPSA) is 96.5 Å². The summed E-state index contributed by atoms with van der Waals surface area (Å²) >= 11 is 5.93. The molecule has 1 aromatic rings. The van der Waals surface area contributed by atoms with Crippen LogP contribution in [0.2, 0.25) is 5.02 Å². The smallest absolute Gasteiger partial charge is 0.425 e. The van der Waals surface area contributed by atoms with E-state index in [2.05, 4.69) is 0 Å². The fourth-order valence-corrected chi connectivity index (χ4v) is 5.24. The number of likely N-dealkylation sites (tertiary alicyclic amines) is 1. The van der Waals surface area contributed by atoms with E-state index in [4.69, 9.17) is 21.1 Å². The molecule has 0 spiro atoms. The van der Waals surface area contributed by atoms with Crippen LogP contribution in [0.4, 0.5) is 9.59 Å². The van der Waals surface area contributed by atoms with Crippen molar-refractivity contribution in [3.05, 3.63) is 34.9 Å². The van der Waals surface area contributed by atoms with E-state index >= 15 is 0 Å². The molecular formula is C25H40ClN3O6S. The van der Waals surface area contributed by atoms with Crippen molar-refractivity contribution in [2.45, 2.75) is 91.0 Å². The first-order valence-corrected chi connectivity index (χ1v) is 14.0. The molecule has 11 heteroatoms. The summed E-state index contributed by atoms with van der Waals surface area (Å²) in [6, 6.07) is 6.76. The fraction of sp³-hybridized carbons (Fsp3) is 0.680. The summed E-state index contributed by atoms with van der Waals surface area (Å²) in [5, 5.41) is 0.548. The van der Waals surface area contributed by atoms with Crippen molar-refractivity contribution >= 4 is 34.0 Å². The summed E-state index contributed by atoms with van der Waals surface area (Å²) in [5.41, 5.74) is -0.729. The Morgan fingerprint density at radius 2 is 1.64 bits per heavy atom. The van der Waals surface area contributed by atoms with Crippen LogP contribution in [0.5, 0.6) is 0 Å². The maximum Gasteiger partial charge on any atom is 0.425 e. The van der Waals surface area contributed by atoms with Crippen molar-refractivity contribution in [1.29, 1.82) is 0 Å². The van der Waals surface area contributed by atoms with Gasteiger partial charge in [-0.15, -0.1) is 0 Å². The van der Waals surface area contributed by atoms with Crippen LogP contribution < -0.4 is 0 Å². The molecule has 1 saturated heterocycles. The van der Waals surface area contributed by atoms with Gasteiger partial charge in [0.2, 0.25) is 0 Å². The molecule has 0 bridgehead atoms. The quantitative estimate of drug-likeness (QED) is 0.432. The van der Waals surface area contributed by atoms with Crippen LogP contribution >= 0.6 is 11.6 Å². The van der Waals surface area contributed by atoms with Gasteiger partial charge in [0.1, 0.15) is 11.2 Å². The van der Waals surface area contributed by atoms with Gasteiger partial charge in [0.15, 0.2) is 0 Å². The molecule has 9 nitrogen and oxygen atoms in total. The summed E-state index contributed by atoms with van der Waals surface area (Å²) < 4.78 is 39.7. The molecule has 2 amide bonds. The normalized spacial score (nSPS) is 16.8. The number of rotatable bonds is 8. The van der Waals surface area contributed by atoms with E-state index in [9.17, 15) is 18.0 Å². The molecule has 0 aromatic heterocycles. The van der Waals surface area contributed by atoms with Crippen molar-refractivity contribution in [3.63, 3.8) is 0 Å². The van der Waals surface area contributed by atoms with Gasteiger partial charge in [0, 0.05) is 37.7 Å². The molecule has 0 saturated carbocycles. The second-order valence-corrected chi connectivity index (χ2v) is 13.5. The van der Waals surface area contributed by atoms with Gasteiger partial charge in [-0.2, -0.15) is 17.0 Å². The van der Waals surface area contributed by atoms with Gasteiger partial charge in [-0.05, 0) is 84.9 Å². The Labute approximate surface area is 220 Å². The van der Waals surface area contributed by atoms with Crippen molar-refractivity contribution in [1.82, 2.24) is 13.5 Å². The van der Waals surface area contributed by atoms with Crippen molar-refractivity contribution in [2.24, 2.45) is 0 Å². The summed E-state index contributed by atoms with van der Waals surface area (Å²) in [6.45, 7) is 11.1. The molecule has 0 N–H and O–H groups in total. The summed E-state index contributed by atoms with van der Waals surface area (Å²) in [6.07, 6.45) is 1.26. The first-order chi connectivity index (χ1) is 16.5. The van der Waals surface area contributed by atoms with Crippen LogP contribution in [0.15, 0.2) is 24.3 Å². The third-order valence-corrected chi connectivity index (χ3v) is 7.55. The standard InChI is InChI=1S/C25H40ClN3O6S/c1-24(2,3)34-22(30)28-16-8-10-21(28)11-9-17-29(23(31)35-25(4,5)6)36(32,33)27(7)18-19-12-14-20(26)15-13-19/h12-15,21H,8-11,16-18H2,1-7H3/t21-/m0/s1. The van der Waals surface area contributed by atoms with Crippen LogP contribution in [0, 0.1) is 0 Å². The SMILES string of the molecule is CN(Cc1ccc(Cl)cc1)S(=O)(=O)N(CCC[C@@H]1CCCN1C(=O)OC(C)(C)C)C(=O)OC(C)(C)C. The molecular weight excluding hydrogens is 506 g/mol. The summed E-state index contributed by atoms with van der Waals surface area (Å²) in [7, 11) is -2.76. The van der Waals surface area contributed by atoms with Gasteiger partial charge >= 0.3 is 22.4 Å². The van der Waals surface area contributed by atoms with Crippen molar-refractivity contribution in [2.75, 3.05) is 20.1 Å². The van der Waals surface area contributed by atoms with Crippen LogP contribution in [0.25, 0.3) is 0 Å². The van der Waals surface area contributed by atoms with E-state index in [-0.39, 0.29) is 25.2 Å². The number of benzene rings is 1. The minimum absolute atomic E-state index is 0.0633. The number of ether oxygens (including phenoxy) is 2. The lowest BCUT2D eigenvalue weighted by Gasteiger charge is -2.31. The number of carbonyl (C=O) groups excluding carboxylic acids is 2. The minimum atomic E-state index is -4.18. The Bertz CT molecular complexity index is 1000. The highest BCUT2D eigenvalue weighted by Crippen LogP contribution is 2.25. The molecule has 0 aliphatic carbocycles. The maximum absolute atomic E-state index is 13.4. The van der Waals surface area contributed by atoms with E-state index in [0.717, 1.165) is 27.0 Å². The van der Waals surface area contributed by atoms with E-state index in [1.54, 1.807) is 49.9 Å². The zero-order chi connectivity index (χ0) is 27.3. The Morgan fingerprint density at radius 3 is 2.19 bits per heavy atom. The fourth-order valence-electron chi connectivity index (χ4n) is 3.88. The third-order valence-electron chi connectivity index (χ3n) is 5.49. The molecule has 1 heterocycles. The summed E-state index contributed by atoms with van der Waals surface area (Å²) in [5.74, 6) is 0. The van der Waals surface area contributed by atoms with Crippen molar-refractivity contribution in [3.8, 4) is 0 Å². The van der Waals surface area contributed by atoms with E-state index in [0.29, 0.717) is 24.4 Å². The highest BCUT2D eigenvalue weighted by atomic mass is 35.5. The minimum Gasteiger partial charge on any atom is -0.444 e. The Morgan fingerprint density at radius 1 is 1.06 bits per heavy atom. The third kappa shape index (κ3) is 9.12. The Kier molecular flexibility index (Phi) is 10.1. The molecule has 204 valence electrons. The Hall–Kier alpha value is -2.04. The van der Waals surface area contributed by atoms with Gasteiger partial charge in [0.25, 0.3) is 0 Å². The van der Waals surface area contributed by atoms with Gasteiger partial charge in [-0.25, -0.2) is 9.59 Å². The predicted molar refractivity (Wildman–Crippen MR) is 140 cm³/mol. The molecule has 2 rings (SSSR count). The number of hydrogen-bond acceptors (Lipinski definition) is 6. The second kappa shape index (κ2) is 12.0. The monoisotopic (exact) mass is 545 g/mol. The number of nitrogens with zero attached hydrogens (tertiary/aromatic N) is 3. The highest BCUT2D eigenvalue weighted by molar-refractivity contribution is 7.87. The van der Waals surface area contributed by atoms with Gasteiger partial charge < -0.3 is 14.4 Å². The average molecular weight is 546 g/mol. The van der Waals surface area contributed by atoms with Crippen LogP contribution in [0.3, 0.4) is 0 Å². The molecule has 0 unspecified atom stereocenters. The first-order valence-electron chi connectivity index (χ1n) is 12.2. The van der Waals surface area contributed by atoms with E-state index in [1.807, 2.05) is 20.8 Å². The molecule has 1 aliphatic rings.